The molecule has 32 heavy (non-hydrogen) atoms. The van der Waals surface area contributed by atoms with E-state index in [1.165, 1.54) is 18.2 Å². The van der Waals surface area contributed by atoms with Crippen molar-refractivity contribution < 1.29 is 23.9 Å². The number of hydrogen-bond acceptors (Lipinski definition) is 6. The molecule has 1 aromatic rings. The van der Waals surface area contributed by atoms with Crippen molar-refractivity contribution in [3.63, 3.8) is 0 Å². The highest BCUT2D eigenvalue weighted by Crippen LogP contribution is 2.33. The standard InChI is InChI=1S/C24H33N3O5/c1-31-21(28)10-14-32-23(29)22(17-5-3-2-4-6-17)27-13-12-26(24(27)30)20-8-7-19-16-25-11-9-18(19)15-20/h7-8,15,17,22,25H,2-6,9-14,16H2,1H3. The zero-order valence-corrected chi connectivity index (χ0v) is 18.8. The van der Waals surface area contributed by atoms with Gasteiger partial charge < -0.3 is 19.7 Å². The van der Waals surface area contributed by atoms with E-state index in [-0.39, 0.29) is 25.0 Å². The number of nitrogens with zero attached hydrogens (tertiary/aromatic N) is 2. The van der Waals surface area contributed by atoms with Gasteiger partial charge in [0.25, 0.3) is 0 Å². The molecule has 1 saturated heterocycles. The van der Waals surface area contributed by atoms with E-state index in [9.17, 15) is 14.4 Å². The summed E-state index contributed by atoms with van der Waals surface area (Å²) in [4.78, 5) is 41.4. The van der Waals surface area contributed by atoms with E-state index in [2.05, 4.69) is 22.2 Å². The number of ether oxygens (including phenoxy) is 2. The normalized spacial score (nSPS) is 20.1. The molecule has 0 aromatic heterocycles. The number of benzene rings is 1. The number of rotatable bonds is 7. The van der Waals surface area contributed by atoms with Crippen molar-refractivity contribution in [2.45, 2.75) is 57.5 Å². The van der Waals surface area contributed by atoms with Gasteiger partial charge >= 0.3 is 18.0 Å². The molecule has 0 radical (unpaired) electrons. The molecule has 1 saturated carbocycles. The van der Waals surface area contributed by atoms with Crippen LogP contribution in [-0.4, -0.2) is 62.3 Å². The maximum absolute atomic E-state index is 13.4. The molecule has 1 atom stereocenters. The lowest BCUT2D eigenvalue weighted by Gasteiger charge is -2.34. The van der Waals surface area contributed by atoms with Gasteiger partial charge in [0.1, 0.15) is 12.6 Å². The third-order valence-electron chi connectivity index (χ3n) is 6.88. The van der Waals surface area contributed by atoms with Crippen molar-refractivity contribution in [1.82, 2.24) is 10.2 Å². The first-order chi connectivity index (χ1) is 15.6. The highest BCUT2D eigenvalue weighted by Gasteiger charge is 2.43. The van der Waals surface area contributed by atoms with Crippen molar-refractivity contribution in [2.75, 3.05) is 38.3 Å². The largest absolute Gasteiger partial charge is 0.469 e. The Morgan fingerprint density at radius 3 is 2.75 bits per heavy atom. The molecule has 1 aromatic carbocycles. The van der Waals surface area contributed by atoms with Crippen LogP contribution in [0.3, 0.4) is 0 Å². The second-order valence-corrected chi connectivity index (χ2v) is 8.84. The summed E-state index contributed by atoms with van der Waals surface area (Å²) in [5, 5.41) is 3.37. The van der Waals surface area contributed by atoms with Crippen LogP contribution in [0.2, 0.25) is 0 Å². The van der Waals surface area contributed by atoms with Crippen LogP contribution in [0.5, 0.6) is 0 Å². The van der Waals surface area contributed by atoms with Crippen molar-refractivity contribution in [3.8, 4) is 0 Å². The second-order valence-electron chi connectivity index (χ2n) is 8.84. The molecule has 1 N–H and O–H groups in total. The Balaban J connectivity index is 1.49. The minimum Gasteiger partial charge on any atom is -0.469 e. The third kappa shape index (κ3) is 4.90. The van der Waals surface area contributed by atoms with E-state index in [0.717, 1.165) is 57.3 Å². The van der Waals surface area contributed by atoms with Gasteiger partial charge in [0.05, 0.1) is 13.5 Å². The van der Waals surface area contributed by atoms with Crippen LogP contribution < -0.4 is 10.2 Å². The number of carbonyl (C=O) groups is 3. The molecule has 0 spiro atoms. The minimum absolute atomic E-state index is 0.0175. The predicted molar refractivity (Wildman–Crippen MR) is 119 cm³/mol. The van der Waals surface area contributed by atoms with E-state index in [1.54, 1.807) is 9.80 Å². The minimum atomic E-state index is -0.604. The predicted octanol–water partition coefficient (Wildman–Crippen LogP) is 2.63. The van der Waals surface area contributed by atoms with Crippen LogP contribution in [0.4, 0.5) is 10.5 Å². The average Bonchev–Trinajstić information content (AvgIpc) is 3.20. The lowest BCUT2D eigenvalue weighted by molar-refractivity contribution is -0.153. The van der Waals surface area contributed by atoms with Gasteiger partial charge in [-0.15, -0.1) is 0 Å². The molecule has 0 bridgehead atoms. The van der Waals surface area contributed by atoms with Gasteiger partial charge in [-0.25, -0.2) is 9.59 Å². The Morgan fingerprint density at radius 2 is 1.97 bits per heavy atom. The van der Waals surface area contributed by atoms with Crippen molar-refractivity contribution in [1.29, 1.82) is 0 Å². The summed E-state index contributed by atoms with van der Waals surface area (Å²) in [5.74, 6) is -0.738. The first-order valence-corrected chi connectivity index (χ1v) is 11.7. The van der Waals surface area contributed by atoms with E-state index in [1.807, 2.05) is 6.07 Å². The quantitative estimate of drug-likeness (QED) is 0.652. The summed E-state index contributed by atoms with van der Waals surface area (Å²) in [7, 11) is 1.31. The number of esters is 2. The zero-order valence-electron chi connectivity index (χ0n) is 18.8. The molecule has 2 heterocycles. The Bertz CT molecular complexity index is 852. The van der Waals surface area contributed by atoms with E-state index < -0.39 is 18.0 Å². The molecular weight excluding hydrogens is 410 g/mol. The molecule has 1 unspecified atom stereocenters. The molecule has 4 rings (SSSR count). The summed E-state index contributed by atoms with van der Waals surface area (Å²) >= 11 is 0. The number of methoxy groups -OCH3 is 1. The monoisotopic (exact) mass is 443 g/mol. The molecule has 1 aliphatic carbocycles. The van der Waals surface area contributed by atoms with Gasteiger partial charge in [0.15, 0.2) is 0 Å². The van der Waals surface area contributed by atoms with Gasteiger partial charge in [-0.3, -0.25) is 9.69 Å². The average molecular weight is 444 g/mol. The van der Waals surface area contributed by atoms with Crippen LogP contribution in [0, 0.1) is 5.92 Å². The van der Waals surface area contributed by atoms with Crippen LogP contribution in [-0.2, 0) is 32.0 Å². The van der Waals surface area contributed by atoms with Crippen LogP contribution in [0.15, 0.2) is 18.2 Å². The first-order valence-electron chi connectivity index (χ1n) is 11.7. The molecule has 174 valence electrons. The lowest BCUT2D eigenvalue weighted by atomic mass is 9.83. The van der Waals surface area contributed by atoms with Gasteiger partial charge in [0.2, 0.25) is 0 Å². The number of nitrogens with one attached hydrogen (secondary N) is 1. The second kappa shape index (κ2) is 10.3. The highest BCUT2D eigenvalue weighted by molar-refractivity contribution is 5.97. The van der Waals surface area contributed by atoms with Crippen LogP contribution >= 0.6 is 0 Å². The number of hydrogen-bond donors (Lipinski definition) is 1. The Hall–Kier alpha value is -2.61. The number of urea groups is 1. The summed E-state index contributed by atoms with van der Waals surface area (Å²) in [5.41, 5.74) is 3.44. The molecule has 3 aliphatic rings. The first kappa shape index (κ1) is 22.6. The SMILES string of the molecule is COC(=O)CCOC(=O)C(C1CCCCC1)N1CCN(c2ccc3c(c2)CCNC3)C1=O. The molecule has 8 nitrogen and oxygen atoms in total. The highest BCUT2D eigenvalue weighted by atomic mass is 16.5. The topological polar surface area (TPSA) is 88.2 Å². The van der Waals surface area contributed by atoms with Gasteiger partial charge in [-0.05, 0) is 55.0 Å². The molecule has 2 aliphatic heterocycles. The van der Waals surface area contributed by atoms with Gasteiger partial charge in [0, 0.05) is 25.3 Å². The van der Waals surface area contributed by atoms with E-state index in [4.69, 9.17) is 4.74 Å². The zero-order chi connectivity index (χ0) is 22.5. The molecule has 2 amide bonds. The summed E-state index contributed by atoms with van der Waals surface area (Å²) in [6.07, 6.45) is 6.06. The maximum atomic E-state index is 13.4. The van der Waals surface area contributed by atoms with E-state index in [0.29, 0.717) is 13.1 Å². The fourth-order valence-electron chi connectivity index (χ4n) is 5.13. The van der Waals surface area contributed by atoms with Crippen molar-refractivity contribution in [3.05, 3.63) is 29.3 Å². The summed E-state index contributed by atoms with van der Waals surface area (Å²) in [6.45, 7) is 2.81. The summed E-state index contributed by atoms with van der Waals surface area (Å²) < 4.78 is 10.1. The van der Waals surface area contributed by atoms with Crippen molar-refractivity contribution in [2.24, 2.45) is 5.92 Å². The number of amides is 2. The van der Waals surface area contributed by atoms with E-state index >= 15 is 0 Å². The number of anilines is 1. The fraction of sp³-hybridized carbons (Fsp3) is 0.625. The van der Waals surface area contributed by atoms with Gasteiger partial charge in [-0.1, -0.05) is 25.3 Å². The maximum Gasteiger partial charge on any atom is 0.329 e. The number of fused-ring (bicyclic) bond motifs is 1. The molecule has 8 heteroatoms. The Labute approximate surface area is 189 Å². The van der Waals surface area contributed by atoms with Crippen LogP contribution in [0.25, 0.3) is 0 Å². The Kier molecular flexibility index (Phi) is 7.29. The van der Waals surface area contributed by atoms with Crippen LogP contribution in [0.1, 0.15) is 49.7 Å². The van der Waals surface area contributed by atoms with Gasteiger partial charge in [-0.2, -0.15) is 0 Å². The third-order valence-corrected chi connectivity index (χ3v) is 6.88. The fourth-order valence-corrected chi connectivity index (χ4v) is 5.13. The smallest absolute Gasteiger partial charge is 0.329 e. The summed E-state index contributed by atoms with van der Waals surface area (Å²) in [6, 6.07) is 5.46. The van der Waals surface area contributed by atoms with Crippen molar-refractivity contribution >= 4 is 23.7 Å². The Morgan fingerprint density at radius 1 is 1.16 bits per heavy atom. The lowest BCUT2D eigenvalue weighted by Crippen LogP contribution is -2.49. The molecular formula is C24H33N3O5. The molecule has 2 fully saturated rings. The number of carbonyl (C=O) groups excluding carboxylic acids is 3.